The molecule has 0 saturated heterocycles. The molecule has 0 bridgehead atoms. The fraction of sp³-hybridized carbons (Fsp3) is 0.206. The van der Waals surface area contributed by atoms with Gasteiger partial charge in [-0.15, -0.1) is 0 Å². The zero-order chi connectivity index (χ0) is 32.0. The van der Waals surface area contributed by atoms with Crippen LogP contribution in [-0.2, 0) is 30.5 Å². The lowest BCUT2D eigenvalue weighted by Gasteiger charge is -2.27. The van der Waals surface area contributed by atoms with Gasteiger partial charge < -0.3 is 20.1 Å². The molecule has 5 rings (SSSR count). The standard InChI is InChI=1S/C34H31N5O6/c1-21-16-25(9-10-27(21)38-33-36-15-12-28(39-33)24-8-5-14-35-19-24)37-30(41)23-7-4-6-22(17-23)20-45-31(42)26-18-34(2,32(43)44-3)13-11-29(26)40/h4-10,12,14-19H,11,13,20H2,1-3H3,(H,37,41)(H,36,38,39)/t34-/m1/s1. The topological polar surface area (TPSA) is 149 Å². The number of Topliss-reactive ketones (excluding diaryl/α,β-unsaturated/α-hetero) is 1. The van der Waals surface area contributed by atoms with E-state index in [0.717, 1.165) is 22.5 Å². The van der Waals surface area contributed by atoms with Crippen LogP contribution in [0.15, 0.2) is 90.9 Å². The number of carbonyl (C=O) groups excluding carboxylic acids is 4. The van der Waals surface area contributed by atoms with Gasteiger partial charge in [0.15, 0.2) is 5.78 Å². The Morgan fingerprint density at radius 3 is 2.62 bits per heavy atom. The second-order valence-corrected chi connectivity index (χ2v) is 10.8. The summed E-state index contributed by atoms with van der Waals surface area (Å²) in [5, 5.41) is 6.10. The fourth-order valence-corrected chi connectivity index (χ4v) is 4.87. The molecule has 0 saturated carbocycles. The van der Waals surface area contributed by atoms with E-state index in [2.05, 4.69) is 25.6 Å². The molecular formula is C34H31N5O6. The molecule has 0 aliphatic heterocycles. The molecule has 1 amide bonds. The maximum absolute atomic E-state index is 13.1. The molecule has 2 aromatic carbocycles. The summed E-state index contributed by atoms with van der Waals surface area (Å²) in [5.74, 6) is -1.68. The van der Waals surface area contributed by atoms with Crippen LogP contribution in [0.5, 0.6) is 0 Å². The van der Waals surface area contributed by atoms with Crippen LogP contribution in [0.3, 0.4) is 0 Å². The molecule has 11 heteroatoms. The molecule has 11 nitrogen and oxygen atoms in total. The summed E-state index contributed by atoms with van der Waals surface area (Å²) >= 11 is 0. The van der Waals surface area contributed by atoms with Crippen molar-refractivity contribution in [2.24, 2.45) is 5.41 Å². The average molecular weight is 606 g/mol. The van der Waals surface area contributed by atoms with Crippen molar-refractivity contribution in [3.05, 3.63) is 108 Å². The van der Waals surface area contributed by atoms with E-state index in [4.69, 9.17) is 9.47 Å². The lowest BCUT2D eigenvalue weighted by Crippen LogP contribution is -2.34. The first-order valence-corrected chi connectivity index (χ1v) is 14.2. The smallest absolute Gasteiger partial charge is 0.341 e. The number of ether oxygens (including phenoxy) is 2. The number of nitrogens with one attached hydrogen (secondary N) is 2. The summed E-state index contributed by atoms with van der Waals surface area (Å²) in [5.41, 5.74) is 3.48. The number of ketones is 1. The van der Waals surface area contributed by atoms with E-state index in [1.54, 1.807) is 55.8 Å². The number of rotatable bonds is 9. The quantitative estimate of drug-likeness (QED) is 0.189. The molecule has 2 N–H and O–H groups in total. The van der Waals surface area contributed by atoms with E-state index in [0.29, 0.717) is 22.8 Å². The van der Waals surface area contributed by atoms with E-state index >= 15 is 0 Å². The normalized spacial score (nSPS) is 15.9. The van der Waals surface area contributed by atoms with Crippen LogP contribution in [0.2, 0.25) is 0 Å². The monoisotopic (exact) mass is 605 g/mol. The van der Waals surface area contributed by atoms with Crippen molar-refractivity contribution in [1.82, 2.24) is 15.0 Å². The van der Waals surface area contributed by atoms with Gasteiger partial charge in [0, 0.05) is 47.5 Å². The Morgan fingerprint density at radius 1 is 1.02 bits per heavy atom. The number of hydrogen-bond donors (Lipinski definition) is 2. The molecule has 1 aliphatic rings. The number of esters is 2. The Balaban J connectivity index is 1.21. The Morgan fingerprint density at radius 2 is 1.87 bits per heavy atom. The highest BCUT2D eigenvalue weighted by Crippen LogP contribution is 2.34. The molecule has 4 aromatic rings. The number of aromatic nitrogens is 3. The predicted molar refractivity (Wildman–Crippen MR) is 166 cm³/mol. The van der Waals surface area contributed by atoms with Gasteiger partial charge in [0.1, 0.15) is 6.61 Å². The molecule has 2 aromatic heterocycles. The number of amides is 1. The number of anilines is 3. The van der Waals surface area contributed by atoms with Crippen molar-refractivity contribution < 1.29 is 28.7 Å². The maximum atomic E-state index is 13.1. The third-order valence-corrected chi connectivity index (χ3v) is 7.41. The van der Waals surface area contributed by atoms with E-state index < -0.39 is 23.1 Å². The summed E-state index contributed by atoms with van der Waals surface area (Å²) in [6, 6.07) is 17.6. The average Bonchev–Trinajstić information content (AvgIpc) is 3.06. The van der Waals surface area contributed by atoms with Crippen LogP contribution in [0.4, 0.5) is 17.3 Å². The summed E-state index contributed by atoms with van der Waals surface area (Å²) < 4.78 is 10.2. The van der Waals surface area contributed by atoms with Gasteiger partial charge in [0.2, 0.25) is 5.95 Å². The van der Waals surface area contributed by atoms with Crippen molar-refractivity contribution in [2.75, 3.05) is 17.7 Å². The van der Waals surface area contributed by atoms with E-state index in [-0.39, 0.29) is 30.9 Å². The number of nitrogens with zero attached hydrogens (tertiary/aromatic N) is 3. The minimum atomic E-state index is -1.08. The van der Waals surface area contributed by atoms with Gasteiger partial charge in [0.25, 0.3) is 5.91 Å². The van der Waals surface area contributed by atoms with Crippen LogP contribution >= 0.6 is 0 Å². The van der Waals surface area contributed by atoms with Crippen molar-refractivity contribution in [3.8, 4) is 11.3 Å². The van der Waals surface area contributed by atoms with Crippen molar-refractivity contribution in [2.45, 2.75) is 33.3 Å². The van der Waals surface area contributed by atoms with Gasteiger partial charge in [-0.2, -0.15) is 0 Å². The number of carbonyl (C=O) groups is 4. The lowest BCUT2D eigenvalue weighted by atomic mass is 9.77. The Bertz CT molecular complexity index is 1810. The summed E-state index contributed by atoms with van der Waals surface area (Å²) in [6.07, 6.45) is 6.71. The SMILES string of the molecule is COC(=O)[C@@]1(C)C=C(C(=O)OCc2cccc(C(=O)Nc3ccc(Nc4nccc(-c5cccnc5)n4)c(C)c3)c2)C(=O)CC1. The van der Waals surface area contributed by atoms with Crippen LogP contribution in [0.1, 0.15) is 41.3 Å². The molecule has 1 atom stereocenters. The molecule has 0 spiro atoms. The number of aryl methyl sites for hydroxylation is 1. The molecule has 45 heavy (non-hydrogen) atoms. The minimum Gasteiger partial charge on any atom is -0.468 e. The zero-order valence-electron chi connectivity index (χ0n) is 25.0. The molecule has 2 heterocycles. The van der Waals surface area contributed by atoms with Gasteiger partial charge in [-0.25, -0.2) is 14.8 Å². The van der Waals surface area contributed by atoms with Gasteiger partial charge >= 0.3 is 11.9 Å². The summed E-state index contributed by atoms with van der Waals surface area (Å²) in [4.78, 5) is 63.4. The molecule has 0 unspecified atom stereocenters. The third kappa shape index (κ3) is 7.27. The molecule has 228 valence electrons. The predicted octanol–water partition coefficient (Wildman–Crippen LogP) is 5.35. The number of benzene rings is 2. The van der Waals surface area contributed by atoms with Gasteiger partial charge in [0.05, 0.1) is 23.8 Å². The molecule has 0 radical (unpaired) electrons. The Hall–Kier alpha value is -5.71. The first-order chi connectivity index (χ1) is 21.6. The zero-order valence-corrected chi connectivity index (χ0v) is 25.0. The molecule has 1 aliphatic carbocycles. The largest absolute Gasteiger partial charge is 0.468 e. The highest BCUT2D eigenvalue weighted by atomic mass is 16.5. The third-order valence-electron chi connectivity index (χ3n) is 7.41. The van der Waals surface area contributed by atoms with Crippen molar-refractivity contribution in [1.29, 1.82) is 0 Å². The van der Waals surface area contributed by atoms with E-state index in [9.17, 15) is 19.2 Å². The summed E-state index contributed by atoms with van der Waals surface area (Å²) in [6.45, 7) is 3.35. The van der Waals surface area contributed by atoms with E-state index in [1.165, 1.54) is 13.2 Å². The minimum absolute atomic E-state index is 0.0336. The van der Waals surface area contributed by atoms with Gasteiger partial charge in [-0.1, -0.05) is 12.1 Å². The lowest BCUT2D eigenvalue weighted by molar-refractivity contribution is -0.150. The van der Waals surface area contributed by atoms with Gasteiger partial charge in [-0.3, -0.25) is 19.4 Å². The molecule has 0 fully saturated rings. The van der Waals surface area contributed by atoms with Crippen LogP contribution in [0, 0.1) is 12.3 Å². The number of pyridine rings is 1. The van der Waals surface area contributed by atoms with Crippen LogP contribution in [-0.4, -0.2) is 45.7 Å². The van der Waals surface area contributed by atoms with Crippen molar-refractivity contribution >= 4 is 41.0 Å². The van der Waals surface area contributed by atoms with E-state index in [1.807, 2.05) is 37.3 Å². The highest BCUT2D eigenvalue weighted by molar-refractivity contribution is 6.18. The van der Waals surface area contributed by atoms with Crippen LogP contribution in [0.25, 0.3) is 11.3 Å². The van der Waals surface area contributed by atoms with Crippen molar-refractivity contribution in [3.63, 3.8) is 0 Å². The van der Waals surface area contributed by atoms with Gasteiger partial charge in [-0.05, 0) is 86.0 Å². The maximum Gasteiger partial charge on any atom is 0.341 e. The number of methoxy groups -OCH3 is 1. The molecular weight excluding hydrogens is 574 g/mol. The van der Waals surface area contributed by atoms with Crippen LogP contribution < -0.4 is 10.6 Å². The Kier molecular flexibility index (Phi) is 9.08. The summed E-state index contributed by atoms with van der Waals surface area (Å²) in [7, 11) is 1.26. The highest BCUT2D eigenvalue weighted by Gasteiger charge is 2.39. The first-order valence-electron chi connectivity index (χ1n) is 14.2. The Labute approximate surface area is 259 Å². The second-order valence-electron chi connectivity index (χ2n) is 10.8. The number of hydrogen-bond acceptors (Lipinski definition) is 10. The fourth-order valence-electron chi connectivity index (χ4n) is 4.87. The first kappa shape index (κ1) is 30.7. The second kappa shape index (κ2) is 13.3.